The Balaban J connectivity index is 0.00000400. The molecule has 1 aliphatic heterocycles. The highest BCUT2D eigenvalue weighted by atomic mass is 127. The second kappa shape index (κ2) is 13.6. The van der Waals surface area contributed by atoms with Crippen LogP contribution in [-0.4, -0.2) is 44.1 Å². The minimum atomic E-state index is 0. The molecular weight excluding hydrogens is 375 g/mol. The van der Waals surface area contributed by atoms with Crippen LogP contribution in [0.5, 0.6) is 0 Å². The third-order valence-corrected chi connectivity index (χ3v) is 4.19. The van der Waals surface area contributed by atoms with Gasteiger partial charge in [-0.15, -0.1) is 24.0 Å². The molecule has 1 heterocycles. The van der Waals surface area contributed by atoms with Crippen molar-refractivity contribution >= 4 is 29.9 Å². The highest BCUT2D eigenvalue weighted by molar-refractivity contribution is 14.0. The maximum absolute atomic E-state index is 5.91. The Bertz CT molecular complexity index is 263. The van der Waals surface area contributed by atoms with Crippen LogP contribution in [0.1, 0.15) is 58.3 Å². The van der Waals surface area contributed by atoms with Gasteiger partial charge in [-0.1, -0.05) is 39.0 Å². The lowest BCUT2D eigenvalue weighted by atomic mass is 9.97. The van der Waals surface area contributed by atoms with E-state index < -0.39 is 0 Å². The van der Waals surface area contributed by atoms with Crippen LogP contribution in [0.4, 0.5) is 0 Å². The van der Waals surface area contributed by atoms with Gasteiger partial charge in [0, 0.05) is 13.1 Å². The molecule has 0 saturated carbocycles. The fourth-order valence-corrected chi connectivity index (χ4v) is 2.65. The quantitative estimate of drug-likeness (QED) is 0.266. The Morgan fingerprint density at radius 3 is 2.43 bits per heavy atom. The second-order valence-corrected chi connectivity index (χ2v) is 6.17. The molecule has 0 radical (unpaired) electrons. The van der Waals surface area contributed by atoms with Crippen LogP contribution in [0.2, 0.25) is 0 Å². The van der Waals surface area contributed by atoms with Gasteiger partial charge in [0.25, 0.3) is 0 Å². The van der Waals surface area contributed by atoms with Gasteiger partial charge >= 0.3 is 0 Å². The summed E-state index contributed by atoms with van der Waals surface area (Å²) in [5.41, 5.74) is 5.91. The molecule has 3 N–H and O–H groups in total. The molecule has 21 heavy (non-hydrogen) atoms. The number of hydrogen-bond acceptors (Lipinski definition) is 2. The first kappa shape index (κ1) is 21.0. The Labute approximate surface area is 148 Å². The lowest BCUT2D eigenvalue weighted by Crippen LogP contribution is -2.34. The number of nitrogens with zero attached hydrogens (tertiary/aromatic N) is 2. The molecule has 1 fully saturated rings. The van der Waals surface area contributed by atoms with Crippen LogP contribution in [0.25, 0.3) is 0 Å². The molecule has 0 spiro atoms. The van der Waals surface area contributed by atoms with Crippen molar-refractivity contribution in [3.05, 3.63) is 0 Å². The number of hydrogen-bond donors (Lipinski definition) is 2. The van der Waals surface area contributed by atoms with E-state index in [0.717, 1.165) is 19.0 Å². The zero-order chi connectivity index (χ0) is 14.6. The lowest BCUT2D eigenvalue weighted by molar-refractivity contribution is 0.223. The Hall–Kier alpha value is -0.0400. The molecule has 1 saturated heterocycles. The number of aliphatic imine (C=N–C) groups is 1. The number of halogens is 1. The number of nitrogens with one attached hydrogen (secondary N) is 1. The lowest BCUT2D eigenvalue weighted by Gasteiger charge is -2.27. The fraction of sp³-hybridized carbons (Fsp3) is 0.938. The second-order valence-electron chi connectivity index (χ2n) is 6.17. The van der Waals surface area contributed by atoms with Gasteiger partial charge in [0.2, 0.25) is 0 Å². The van der Waals surface area contributed by atoms with Gasteiger partial charge < -0.3 is 16.0 Å². The van der Waals surface area contributed by atoms with Gasteiger partial charge in [0.15, 0.2) is 5.96 Å². The van der Waals surface area contributed by atoms with E-state index in [9.17, 15) is 0 Å². The Kier molecular flexibility index (Phi) is 13.6. The van der Waals surface area contributed by atoms with Crippen LogP contribution in [0.3, 0.4) is 0 Å². The van der Waals surface area contributed by atoms with Crippen LogP contribution in [0, 0.1) is 5.92 Å². The Morgan fingerprint density at radius 1 is 1.14 bits per heavy atom. The van der Waals surface area contributed by atoms with Gasteiger partial charge in [0.1, 0.15) is 0 Å². The molecule has 0 atom stereocenters. The first-order valence-electron chi connectivity index (χ1n) is 8.44. The van der Waals surface area contributed by atoms with Gasteiger partial charge in [-0.3, -0.25) is 4.99 Å². The van der Waals surface area contributed by atoms with E-state index in [1.165, 1.54) is 64.5 Å². The first-order chi connectivity index (χ1) is 9.72. The van der Waals surface area contributed by atoms with Crippen molar-refractivity contribution in [1.29, 1.82) is 0 Å². The summed E-state index contributed by atoms with van der Waals surface area (Å²) in [4.78, 5) is 6.87. The topological polar surface area (TPSA) is 53.6 Å². The summed E-state index contributed by atoms with van der Waals surface area (Å²) in [7, 11) is 2.19. The molecule has 1 aliphatic rings. The third kappa shape index (κ3) is 11.2. The molecule has 0 aromatic rings. The predicted molar refractivity (Wildman–Crippen MR) is 104 cm³/mol. The maximum atomic E-state index is 5.91. The summed E-state index contributed by atoms with van der Waals surface area (Å²) in [5, 5.41) is 3.24. The third-order valence-electron chi connectivity index (χ3n) is 4.19. The average Bonchev–Trinajstić information content (AvgIpc) is 2.46. The van der Waals surface area contributed by atoms with Crippen molar-refractivity contribution in [1.82, 2.24) is 10.2 Å². The highest BCUT2D eigenvalue weighted by Crippen LogP contribution is 2.15. The first-order valence-corrected chi connectivity index (χ1v) is 8.44. The SMILES string of the molecule is CCCCCCCCNC(N)=NCC1CCN(C)CC1.I. The van der Waals surface area contributed by atoms with Crippen molar-refractivity contribution < 1.29 is 0 Å². The zero-order valence-corrected chi connectivity index (χ0v) is 16.3. The number of likely N-dealkylation sites (tertiary alicyclic amines) is 1. The maximum Gasteiger partial charge on any atom is 0.188 e. The van der Waals surface area contributed by atoms with E-state index in [1.54, 1.807) is 0 Å². The molecule has 1 rings (SSSR count). The fourth-order valence-electron chi connectivity index (χ4n) is 2.65. The molecular formula is C16H35IN4. The molecule has 0 unspecified atom stereocenters. The van der Waals surface area contributed by atoms with Gasteiger partial charge in [-0.25, -0.2) is 0 Å². The van der Waals surface area contributed by atoms with E-state index in [1.807, 2.05) is 0 Å². The molecule has 0 bridgehead atoms. The molecule has 0 aromatic heterocycles. The zero-order valence-electron chi connectivity index (χ0n) is 13.9. The van der Waals surface area contributed by atoms with Crippen LogP contribution in [0.15, 0.2) is 4.99 Å². The molecule has 0 amide bonds. The van der Waals surface area contributed by atoms with Crippen molar-refractivity contribution in [2.24, 2.45) is 16.6 Å². The molecule has 126 valence electrons. The van der Waals surface area contributed by atoms with Crippen molar-refractivity contribution in [3.63, 3.8) is 0 Å². The number of guanidine groups is 1. The summed E-state index contributed by atoms with van der Waals surface area (Å²) in [5.74, 6) is 1.36. The summed E-state index contributed by atoms with van der Waals surface area (Å²) < 4.78 is 0. The van der Waals surface area contributed by atoms with Gasteiger partial charge in [0.05, 0.1) is 0 Å². The minimum Gasteiger partial charge on any atom is -0.370 e. The van der Waals surface area contributed by atoms with E-state index in [-0.39, 0.29) is 24.0 Å². The van der Waals surface area contributed by atoms with Crippen LogP contribution >= 0.6 is 24.0 Å². The largest absolute Gasteiger partial charge is 0.370 e. The monoisotopic (exact) mass is 410 g/mol. The van der Waals surface area contributed by atoms with Crippen LogP contribution < -0.4 is 11.1 Å². The summed E-state index contributed by atoms with van der Waals surface area (Å²) in [6, 6.07) is 0. The highest BCUT2D eigenvalue weighted by Gasteiger charge is 2.15. The van der Waals surface area contributed by atoms with Crippen LogP contribution in [-0.2, 0) is 0 Å². The van der Waals surface area contributed by atoms with E-state index >= 15 is 0 Å². The van der Waals surface area contributed by atoms with Gasteiger partial charge in [-0.2, -0.15) is 0 Å². The number of nitrogens with two attached hydrogens (primary N) is 1. The number of unbranched alkanes of at least 4 members (excludes halogenated alkanes) is 5. The van der Waals surface area contributed by atoms with Gasteiger partial charge in [-0.05, 0) is 45.3 Å². The minimum absolute atomic E-state index is 0. The van der Waals surface area contributed by atoms with E-state index in [2.05, 4.69) is 29.2 Å². The Morgan fingerprint density at radius 2 is 1.76 bits per heavy atom. The van der Waals surface area contributed by atoms with E-state index in [4.69, 9.17) is 5.73 Å². The smallest absolute Gasteiger partial charge is 0.188 e. The van der Waals surface area contributed by atoms with E-state index in [0.29, 0.717) is 5.96 Å². The summed E-state index contributed by atoms with van der Waals surface area (Å²) >= 11 is 0. The predicted octanol–water partition coefficient (Wildman–Crippen LogP) is 3.21. The summed E-state index contributed by atoms with van der Waals surface area (Å²) in [6.45, 7) is 6.51. The van der Waals surface area contributed by atoms with Crippen molar-refractivity contribution in [2.45, 2.75) is 58.3 Å². The number of piperidine rings is 1. The molecule has 0 aromatic carbocycles. The average molecular weight is 410 g/mol. The van der Waals surface area contributed by atoms with Crippen molar-refractivity contribution in [3.8, 4) is 0 Å². The molecule has 5 heteroatoms. The number of rotatable bonds is 9. The molecule has 0 aliphatic carbocycles. The normalized spacial score (nSPS) is 17.5. The summed E-state index contributed by atoms with van der Waals surface area (Å²) in [6.07, 6.45) is 10.4. The standard InChI is InChI=1S/C16H34N4.HI/c1-3-4-5-6-7-8-11-18-16(17)19-14-15-9-12-20(2)13-10-15;/h15H,3-14H2,1-2H3,(H3,17,18,19);1H. The molecule has 4 nitrogen and oxygen atoms in total. The van der Waals surface area contributed by atoms with Crippen molar-refractivity contribution in [2.75, 3.05) is 33.2 Å².